The molecule has 0 saturated carbocycles. The minimum absolute atomic E-state index is 0.0747. The standard InChI is InChI=1S/C16H22ClNO2/c1-10-9-16(3,4)18(15(19)11(2)17)14-12(10)7-6-8-13(14)20-5/h6-8,10-11H,9H2,1-5H3/t10-,11+/m1/s1. The van der Waals surface area contributed by atoms with Crippen molar-refractivity contribution < 1.29 is 9.53 Å². The van der Waals surface area contributed by atoms with Gasteiger partial charge in [0.15, 0.2) is 0 Å². The lowest BCUT2D eigenvalue weighted by atomic mass is 9.79. The number of para-hydroxylation sites is 1. The predicted octanol–water partition coefficient (Wildman–Crippen LogP) is 3.94. The number of nitrogens with zero attached hydrogens (tertiary/aromatic N) is 1. The summed E-state index contributed by atoms with van der Waals surface area (Å²) in [5.74, 6) is 1.03. The molecule has 0 bridgehead atoms. The molecule has 20 heavy (non-hydrogen) atoms. The van der Waals surface area contributed by atoms with Crippen molar-refractivity contribution in [3.05, 3.63) is 23.8 Å². The number of alkyl halides is 1. The van der Waals surface area contributed by atoms with Crippen LogP contribution in [0.25, 0.3) is 0 Å². The van der Waals surface area contributed by atoms with Crippen LogP contribution in [0.4, 0.5) is 5.69 Å². The van der Waals surface area contributed by atoms with E-state index in [4.69, 9.17) is 16.3 Å². The number of carbonyl (C=O) groups excluding carboxylic acids is 1. The molecular formula is C16H22ClNO2. The molecule has 1 aliphatic rings. The molecule has 3 nitrogen and oxygen atoms in total. The van der Waals surface area contributed by atoms with Gasteiger partial charge >= 0.3 is 0 Å². The van der Waals surface area contributed by atoms with Crippen LogP contribution in [0, 0.1) is 0 Å². The van der Waals surface area contributed by atoms with Crippen LogP contribution < -0.4 is 9.64 Å². The molecule has 2 rings (SSSR count). The first-order chi connectivity index (χ1) is 9.29. The number of anilines is 1. The van der Waals surface area contributed by atoms with E-state index in [-0.39, 0.29) is 11.4 Å². The van der Waals surface area contributed by atoms with Crippen molar-refractivity contribution in [3.63, 3.8) is 0 Å². The van der Waals surface area contributed by atoms with Gasteiger partial charge < -0.3 is 9.64 Å². The highest BCUT2D eigenvalue weighted by atomic mass is 35.5. The number of amides is 1. The molecule has 110 valence electrons. The van der Waals surface area contributed by atoms with Crippen molar-refractivity contribution >= 4 is 23.2 Å². The van der Waals surface area contributed by atoms with Crippen LogP contribution in [0.3, 0.4) is 0 Å². The monoisotopic (exact) mass is 295 g/mol. The van der Waals surface area contributed by atoms with Crippen LogP contribution >= 0.6 is 11.6 Å². The predicted molar refractivity (Wildman–Crippen MR) is 82.9 cm³/mol. The third-order valence-corrected chi connectivity index (χ3v) is 4.16. The molecule has 0 aromatic heterocycles. The van der Waals surface area contributed by atoms with Crippen molar-refractivity contribution in [2.45, 2.75) is 50.9 Å². The summed E-state index contributed by atoms with van der Waals surface area (Å²) < 4.78 is 5.48. The molecule has 1 aromatic carbocycles. The number of hydrogen-bond acceptors (Lipinski definition) is 2. The van der Waals surface area contributed by atoms with E-state index in [9.17, 15) is 4.79 Å². The first-order valence-electron chi connectivity index (χ1n) is 6.94. The molecule has 0 radical (unpaired) electrons. The van der Waals surface area contributed by atoms with Crippen molar-refractivity contribution in [2.24, 2.45) is 0 Å². The molecule has 0 N–H and O–H groups in total. The van der Waals surface area contributed by atoms with Crippen molar-refractivity contribution in [3.8, 4) is 5.75 Å². The summed E-state index contributed by atoms with van der Waals surface area (Å²) in [7, 11) is 1.63. The van der Waals surface area contributed by atoms with Gasteiger partial charge in [-0.1, -0.05) is 19.1 Å². The maximum absolute atomic E-state index is 12.6. The third-order valence-electron chi connectivity index (χ3n) is 3.98. The number of halogens is 1. The lowest BCUT2D eigenvalue weighted by Crippen LogP contribution is -2.53. The minimum atomic E-state index is -0.555. The van der Waals surface area contributed by atoms with Gasteiger partial charge in [0.25, 0.3) is 0 Å². The van der Waals surface area contributed by atoms with E-state index in [2.05, 4.69) is 26.8 Å². The Morgan fingerprint density at radius 2 is 2.15 bits per heavy atom. The second kappa shape index (κ2) is 5.28. The van der Waals surface area contributed by atoms with Crippen LogP contribution in [-0.4, -0.2) is 23.9 Å². The number of hydrogen-bond donors (Lipinski definition) is 0. The van der Waals surface area contributed by atoms with Crippen molar-refractivity contribution in [1.82, 2.24) is 0 Å². The second-order valence-corrected chi connectivity index (χ2v) is 6.76. The molecule has 1 aliphatic heterocycles. The second-order valence-electron chi connectivity index (χ2n) is 6.11. The molecular weight excluding hydrogens is 274 g/mol. The molecule has 2 atom stereocenters. The zero-order valence-electron chi connectivity index (χ0n) is 12.7. The SMILES string of the molecule is COc1cccc2c1N(C(=O)[C@H](C)Cl)C(C)(C)C[C@H]2C. The number of ether oxygens (including phenoxy) is 1. The largest absolute Gasteiger partial charge is 0.495 e. The molecule has 1 aromatic rings. The highest BCUT2D eigenvalue weighted by Crippen LogP contribution is 2.48. The Hall–Kier alpha value is -1.22. The quantitative estimate of drug-likeness (QED) is 0.773. The van der Waals surface area contributed by atoms with Crippen LogP contribution in [0.2, 0.25) is 0 Å². The van der Waals surface area contributed by atoms with Gasteiger partial charge in [-0.3, -0.25) is 4.79 Å². The van der Waals surface area contributed by atoms with Crippen LogP contribution in [-0.2, 0) is 4.79 Å². The Morgan fingerprint density at radius 3 is 2.70 bits per heavy atom. The lowest BCUT2D eigenvalue weighted by Gasteiger charge is -2.46. The smallest absolute Gasteiger partial charge is 0.245 e. The van der Waals surface area contributed by atoms with E-state index in [0.717, 1.165) is 23.4 Å². The van der Waals surface area contributed by atoms with E-state index in [1.165, 1.54) is 0 Å². The molecule has 0 unspecified atom stereocenters. The van der Waals surface area contributed by atoms with E-state index in [0.29, 0.717) is 5.92 Å². The fraction of sp³-hybridized carbons (Fsp3) is 0.562. The highest BCUT2D eigenvalue weighted by Gasteiger charge is 2.42. The summed E-state index contributed by atoms with van der Waals surface area (Å²) in [4.78, 5) is 14.4. The highest BCUT2D eigenvalue weighted by molar-refractivity contribution is 6.32. The normalized spacial score (nSPS) is 22.1. The van der Waals surface area contributed by atoms with Gasteiger partial charge in [0.05, 0.1) is 12.8 Å². The topological polar surface area (TPSA) is 29.5 Å². The number of rotatable bonds is 2. The summed E-state index contributed by atoms with van der Waals surface area (Å²) in [5, 5.41) is -0.555. The lowest BCUT2D eigenvalue weighted by molar-refractivity contribution is -0.119. The fourth-order valence-electron chi connectivity index (χ4n) is 3.18. The number of methoxy groups -OCH3 is 1. The molecule has 0 aliphatic carbocycles. The first kappa shape index (κ1) is 15.2. The van der Waals surface area contributed by atoms with E-state index < -0.39 is 5.38 Å². The minimum Gasteiger partial charge on any atom is -0.495 e. The Morgan fingerprint density at radius 1 is 1.50 bits per heavy atom. The van der Waals surface area contributed by atoms with E-state index in [1.54, 1.807) is 14.0 Å². The molecule has 1 amide bonds. The third kappa shape index (κ3) is 2.39. The van der Waals surface area contributed by atoms with Crippen molar-refractivity contribution in [2.75, 3.05) is 12.0 Å². The molecule has 0 spiro atoms. The van der Waals surface area contributed by atoms with Gasteiger partial charge in [-0.25, -0.2) is 0 Å². The molecule has 0 saturated heterocycles. The summed E-state index contributed by atoms with van der Waals surface area (Å²) in [6, 6.07) is 5.93. The van der Waals surface area contributed by atoms with E-state index >= 15 is 0 Å². The maximum atomic E-state index is 12.6. The number of benzene rings is 1. The Kier molecular flexibility index (Phi) is 4.01. The van der Waals surface area contributed by atoms with Gasteiger partial charge in [0, 0.05) is 5.54 Å². The average Bonchev–Trinajstić information content (AvgIpc) is 2.36. The van der Waals surface area contributed by atoms with Crippen LogP contribution in [0.5, 0.6) is 5.75 Å². The average molecular weight is 296 g/mol. The zero-order valence-corrected chi connectivity index (χ0v) is 13.5. The van der Waals surface area contributed by atoms with Gasteiger partial charge in [0.2, 0.25) is 5.91 Å². The summed E-state index contributed by atoms with van der Waals surface area (Å²) in [6.07, 6.45) is 0.905. The Balaban J connectivity index is 2.66. The van der Waals surface area contributed by atoms with Crippen LogP contribution in [0.1, 0.15) is 45.6 Å². The number of carbonyl (C=O) groups is 1. The van der Waals surface area contributed by atoms with Gasteiger partial charge in [-0.15, -0.1) is 11.6 Å². The maximum Gasteiger partial charge on any atom is 0.245 e. The summed E-state index contributed by atoms with van der Waals surface area (Å²) >= 11 is 6.06. The van der Waals surface area contributed by atoms with Crippen molar-refractivity contribution in [1.29, 1.82) is 0 Å². The summed E-state index contributed by atoms with van der Waals surface area (Å²) in [5.41, 5.74) is 1.74. The molecule has 0 fully saturated rings. The zero-order chi connectivity index (χ0) is 15.1. The van der Waals surface area contributed by atoms with E-state index in [1.807, 2.05) is 17.0 Å². The molecule has 4 heteroatoms. The van der Waals surface area contributed by atoms with Crippen LogP contribution in [0.15, 0.2) is 18.2 Å². The van der Waals surface area contributed by atoms with Gasteiger partial charge in [-0.2, -0.15) is 0 Å². The van der Waals surface area contributed by atoms with Gasteiger partial charge in [-0.05, 0) is 44.7 Å². The fourth-order valence-corrected chi connectivity index (χ4v) is 3.28. The first-order valence-corrected chi connectivity index (χ1v) is 7.38. The number of fused-ring (bicyclic) bond motifs is 1. The molecule has 1 heterocycles. The van der Waals surface area contributed by atoms with Gasteiger partial charge in [0.1, 0.15) is 11.1 Å². The Labute approximate surface area is 125 Å². The summed E-state index contributed by atoms with van der Waals surface area (Å²) in [6.45, 7) is 8.06. The Bertz CT molecular complexity index is 525.